The highest BCUT2D eigenvalue weighted by Crippen LogP contribution is 2.38. The molecule has 5 heteroatoms. The quantitative estimate of drug-likeness (QED) is 0.108. The second-order valence-electron chi connectivity index (χ2n) is 15.0. The van der Waals surface area contributed by atoms with E-state index in [9.17, 15) is 1.37 Å². The van der Waals surface area contributed by atoms with E-state index in [1.54, 1.807) is 27.3 Å². The van der Waals surface area contributed by atoms with Crippen LogP contribution < -0.4 is 9.30 Å². The number of pyridine rings is 1. The molecule has 0 atom stereocenters. The standard InChI is InChI=1S/C57H42N4O/c1-39(2)50-36-56(58-37-51(50)42-22-10-5-11-23-42)61-52-29-13-12-26-48(52)49-33-32-45(35-55(49)61)62-44-25-16-24-43(34-44)59-38-60(54-31-15-14-30-53(54)59)57-46(40-18-6-3-7-19-40)27-17-28-47(57)41-20-8-4-9-21-41/h3-37,39H,1-2H3/i3D,4D,6D,7D,8D,9D,18D,19D,20D,21D,39D. The summed E-state index contributed by atoms with van der Waals surface area (Å²) in [5.74, 6) is 0.748. The average molecular weight is 810 g/mol. The summed E-state index contributed by atoms with van der Waals surface area (Å²) < 4.78 is 108. The van der Waals surface area contributed by atoms with Crippen molar-refractivity contribution in [2.45, 2.75) is 19.7 Å². The van der Waals surface area contributed by atoms with Crippen LogP contribution in [0.5, 0.6) is 11.5 Å². The summed E-state index contributed by atoms with van der Waals surface area (Å²) in [4.78, 5) is 5.01. The molecule has 0 aliphatic rings. The Balaban J connectivity index is 1.06. The Kier molecular flexibility index (Phi) is 6.75. The number of aromatic nitrogens is 4. The van der Waals surface area contributed by atoms with Gasteiger partial charge in [0.2, 0.25) is 0 Å². The Morgan fingerprint density at radius 2 is 1.23 bits per heavy atom. The van der Waals surface area contributed by atoms with Crippen LogP contribution in [0.2, 0.25) is 0 Å². The van der Waals surface area contributed by atoms with E-state index in [-0.39, 0.29) is 27.9 Å². The van der Waals surface area contributed by atoms with Gasteiger partial charge in [-0.3, -0.25) is 13.7 Å². The largest absolute Gasteiger partial charge is 0.458 e. The first-order valence-electron chi connectivity index (χ1n) is 25.6. The Labute approximate surface area is 376 Å². The summed E-state index contributed by atoms with van der Waals surface area (Å²) in [6, 6.07) is 40.2. The smallest absolute Gasteiger partial charge is 0.269 e. The van der Waals surface area contributed by atoms with E-state index in [2.05, 4.69) is 23.0 Å². The van der Waals surface area contributed by atoms with Crippen LogP contribution in [-0.2, 0) is 0 Å². The van der Waals surface area contributed by atoms with Crippen molar-refractivity contribution in [2.24, 2.45) is 0 Å². The zero-order chi connectivity index (χ0) is 51.2. The molecule has 0 N–H and O–H groups in total. The zero-order valence-electron chi connectivity index (χ0n) is 44.6. The van der Waals surface area contributed by atoms with Gasteiger partial charge in [0.1, 0.15) is 17.3 Å². The van der Waals surface area contributed by atoms with Gasteiger partial charge in [-0.25, -0.2) is 4.98 Å². The first-order chi connectivity index (χ1) is 35.0. The number of ether oxygens (including phenoxy) is 1. The van der Waals surface area contributed by atoms with Gasteiger partial charge in [-0.2, -0.15) is 0 Å². The maximum absolute atomic E-state index is 9.17. The Morgan fingerprint density at radius 1 is 0.581 bits per heavy atom. The number of hydrogen-bond acceptors (Lipinski definition) is 2. The third-order valence-electron chi connectivity index (χ3n) is 11.1. The summed E-state index contributed by atoms with van der Waals surface area (Å²) in [5, 5.41) is 2.01. The lowest BCUT2D eigenvalue weighted by atomic mass is 9.94. The molecule has 11 aromatic rings. The lowest BCUT2D eigenvalue weighted by Gasteiger charge is -2.17. The molecule has 0 unspecified atom stereocenters. The third-order valence-corrected chi connectivity index (χ3v) is 11.1. The topological polar surface area (TPSA) is 35.9 Å². The number of benzene rings is 8. The van der Waals surface area contributed by atoms with Gasteiger partial charge in [0, 0.05) is 30.0 Å². The predicted octanol–water partition coefficient (Wildman–Crippen LogP) is 14.1. The number of rotatable bonds is 9. The predicted molar refractivity (Wildman–Crippen MR) is 253 cm³/mol. The molecule has 0 saturated heterocycles. The molecule has 0 aliphatic carbocycles. The van der Waals surface area contributed by atoms with Crippen LogP contribution in [0.1, 0.15) is 40.4 Å². The van der Waals surface area contributed by atoms with Crippen LogP contribution in [-0.4, -0.2) is 14.1 Å². The van der Waals surface area contributed by atoms with Crippen LogP contribution in [0.15, 0.2) is 212 Å². The minimum absolute atomic E-state index is 0.139. The van der Waals surface area contributed by atoms with Gasteiger partial charge in [-0.1, -0.05) is 171 Å². The molecule has 5 nitrogen and oxygen atoms in total. The number of nitrogens with zero attached hydrogens (tertiary/aromatic N) is 4. The third kappa shape index (κ3) is 6.52. The first kappa shape index (κ1) is 27.0. The SMILES string of the molecule is [2H]c1c([2H])c([2H])c(-c2cccc(-c3c([2H])c([2H])c([2H])c([2H])c3[2H])c2-[n+]2[c-]n(-c3cccc(Oc4ccc5c6ccccc6n(-c6cc(C([2H])(C)C)c(-c7ccccc7)cn6)c5c4)c3)c3ccccc32)c([2H])c1[2H]. The van der Waals surface area contributed by atoms with Crippen LogP contribution >= 0.6 is 0 Å². The summed E-state index contributed by atoms with van der Waals surface area (Å²) in [7, 11) is 0. The molecule has 0 bridgehead atoms. The van der Waals surface area contributed by atoms with Crippen molar-refractivity contribution < 1.29 is 24.4 Å². The number of para-hydroxylation sites is 4. The summed E-state index contributed by atoms with van der Waals surface area (Å²) in [6.45, 7) is 3.76. The van der Waals surface area contributed by atoms with Crippen molar-refractivity contribution in [1.29, 1.82) is 0 Å². The zero-order valence-corrected chi connectivity index (χ0v) is 33.6. The van der Waals surface area contributed by atoms with Crippen molar-refractivity contribution in [3.63, 3.8) is 0 Å². The van der Waals surface area contributed by atoms with Crippen molar-refractivity contribution >= 4 is 32.8 Å². The van der Waals surface area contributed by atoms with Crippen molar-refractivity contribution in [3.8, 4) is 62.1 Å². The van der Waals surface area contributed by atoms with E-state index >= 15 is 0 Å². The second kappa shape index (κ2) is 15.5. The van der Waals surface area contributed by atoms with Crippen molar-refractivity contribution in [3.05, 3.63) is 224 Å². The van der Waals surface area contributed by atoms with E-state index in [1.165, 1.54) is 0 Å². The molecule has 11 rings (SSSR count). The molecule has 0 fully saturated rings. The maximum atomic E-state index is 9.17. The summed E-state index contributed by atoms with van der Waals surface area (Å²) in [6.07, 6.45) is 5.28. The molecule has 296 valence electrons. The summed E-state index contributed by atoms with van der Waals surface area (Å²) in [5.41, 5.74) is 6.48. The Morgan fingerprint density at radius 3 is 1.97 bits per heavy atom. The minimum atomic E-state index is -0.941. The van der Waals surface area contributed by atoms with Crippen molar-refractivity contribution in [2.75, 3.05) is 0 Å². The molecule has 0 spiro atoms. The van der Waals surface area contributed by atoms with Crippen molar-refractivity contribution in [1.82, 2.24) is 14.1 Å². The highest BCUT2D eigenvalue weighted by Gasteiger charge is 2.21. The second-order valence-corrected chi connectivity index (χ2v) is 15.0. The van der Waals surface area contributed by atoms with Gasteiger partial charge in [-0.15, -0.1) is 0 Å². The van der Waals surface area contributed by atoms with E-state index in [0.717, 1.165) is 38.5 Å². The van der Waals surface area contributed by atoms with Crippen LogP contribution in [0.4, 0.5) is 0 Å². The average Bonchev–Trinajstić information content (AvgIpc) is 3.94. The fourth-order valence-electron chi connectivity index (χ4n) is 8.29. The molecule has 3 aromatic heterocycles. The number of hydrogen-bond donors (Lipinski definition) is 0. The number of fused-ring (bicyclic) bond motifs is 4. The molecule has 0 saturated carbocycles. The fourth-order valence-corrected chi connectivity index (χ4v) is 8.29. The van der Waals surface area contributed by atoms with Gasteiger partial charge in [0.15, 0.2) is 0 Å². The van der Waals surface area contributed by atoms with Gasteiger partial charge in [0.25, 0.3) is 6.33 Å². The normalized spacial score (nSPS) is 14.2. The lowest BCUT2D eigenvalue weighted by Crippen LogP contribution is -2.31. The summed E-state index contributed by atoms with van der Waals surface area (Å²) >= 11 is 0. The van der Waals surface area contributed by atoms with Crippen LogP contribution in [0.3, 0.4) is 0 Å². The van der Waals surface area contributed by atoms with E-state index in [1.807, 2.05) is 135 Å². The van der Waals surface area contributed by atoms with Gasteiger partial charge < -0.3 is 4.74 Å². The van der Waals surface area contributed by atoms with E-state index < -0.39 is 66.3 Å². The maximum Gasteiger partial charge on any atom is 0.269 e. The fraction of sp³-hybridized carbons (Fsp3) is 0.0526. The van der Waals surface area contributed by atoms with E-state index in [0.29, 0.717) is 34.0 Å². The molecular weight excluding hydrogens is 757 g/mol. The van der Waals surface area contributed by atoms with Crippen LogP contribution in [0.25, 0.3) is 83.4 Å². The Hall–Kier alpha value is -8.02. The van der Waals surface area contributed by atoms with E-state index in [4.69, 9.17) is 23.4 Å². The Bertz CT molecular complexity index is 3920. The minimum Gasteiger partial charge on any atom is -0.458 e. The van der Waals surface area contributed by atoms with Crippen LogP contribution in [0, 0.1) is 6.33 Å². The molecular formula is C57H42N4O. The molecule has 0 amide bonds. The molecule has 62 heavy (non-hydrogen) atoms. The molecule has 0 radical (unpaired) electrons. The molecule has 8 aromatic carbocycles. The van der Waals surface area contributed by atoms with Gasteiger partial charge in [-0.05, 0) is 81.7 Å². The van der Waals surface area contributed by atoms with Gasteiger partial charge in [0.05, 0.1) is 47.1 Å². The highest BCUT2D eigenvalue weighted by molar-refractivity contribution is 6.09. The highest BCUT2D eigenvalue weighted by atomic mass is 16.5. The molecule has 3 heterocycles. The number of imidazole rings is 1. The monoisotopic (exact) mass is 809 g/mol. The first-order valence-corrected chi connectivity index (χ1v) is 20.1. The van der Waals surface area contributed by atoms with Gasteiger partial charge >= 0.3 is 0 Å². The lowest BCUT2D eigenvalue weighted by molar-refractivity contribution is -0.571. The molecule has 0 aliphatic heterocycles.